The summed E-state index contributed by atoms with van der Waals surface area (Å²) in [6.45, 7) is 6.45. The molecule has 0 aliphatic carbocycles. The van der Waals surface area contributed by atoms with Gasteiger partial charge in [-0.1, -0.05) is 18.2 Å². The predicted octanol–water partition coefficient (Wildman–Crippen LogP) is 3.09. The van der Waals surface area contributed by atoms with E-state index in [9.17, 15) is 13.2 Å². The molecule has 208 valence electrons. The first-order valence-corrected chi connectivity index (χ1v) is 14.7. The van der Waals surface area contributed by atoms with Crippen LogP contribution in [0.1, 0.15) is 36.8 Å². The Labute approximate surface area is 228 Å². The summed E-state index contributed by atoms with van der Waals surface area (Å²) in [7, 11) is -2.32. The molecule has 2 aliphatic heterocycles. The van der Waals surface area contributed by atoms with Crippen molar-refractivity contribution in [3.05, 3.63) is 47.8 Å². The highest BCUT2D eigenvalue weighted by atomic mass is 32.2. The van der Waals surface area contributed by atoms with E-state index in [2.05, 4.69) is 19.8 Å². The maximum absolute atomic E-state index is 13.0. The number of sulfonamides is 1. The molecule has 1 amide bonds. The van der Waals surface area contributed by atoms with Gasteiger partial charge in [-0.3, -0.25) is 9.48 Å². The molecule has 11 nitrogen and oxygen atoms in total. The summed E-state index contributed by atoms with van der Waals surface area (Å²) in [5.74, 6) is 0.648. The molecule has 1 N–H and O–H groups in total. The van der Waals surface area contributed by atoms with Crippen LogP contribution >= 0.6 is 0 Å². The average molecular weight is 555 g/mol. The minimum Gasteiger partial charge on any atom is -0.472 e. The number of benzene rings is 1. The number of amides is 1. The Bertz CT molecular complexity index is 1430. The van der Waals surface area contributed by atoms with Crippen molar-refractivity contribution in [1.82, 2.24) is 24.6 Å². The van der Waals surface area contributed by atoms with Crippen LogP contribution in [0.3, 0.4) is 0 Å². The summed E-state index contributed by atoms with van der Waals surface area (Å²) < 4.78 is 41.5. The van der Waals surface area contributed by atoms with Gasteiger partial charge in [0.05, 0.1) is 18.4 Å². The topological polar surface area (TPSA) is 129 Å². The Morgan fingerprint density at radius 3 is 2.59 bits per heavy atom. The van der Waals surface area contributed by atoms with E-state index in [0.29, 0.717) is 50.8 Å². The van der Waals surface area contributed by atoms with E-state index in [1.165, 1.54) is 17.1 Å². The molecule has 12 heteroatoms. The van der Waals surface area contributed by atoms with Crippen LogP contribution in [-0.4, -0.2) is 71.4 Å². The molecule has 0 bridgehead atoms. The predicted molar refractivity (Wildman–Crippen MR) is 145 cm³/mol. The van der Waals surface area contributed by atoms with Crippen LogP contribution in [0.2, 0.25) is 0 Å². The molecule has 1 unspecified atom stereocenters. The second kappa shape index (κ2) is 11.3. The Hall–Kier alpha value is -3.51. The van der Waals surface area contributed by atoms with Crippen LogP contribution < -0.4 is 9.46 Å². The van der Waals surface area contributed by atoms with Crippen molar-refractivity contribution >= 4 is 21.9 Å². The fourth-order valence-corrected chi connectivity index (χ4v) is 6.07. The summed E-state index contributed by atoms with van der Waals surface area (Å²) in [6, 6.07) is 7.64. The van der Waals surface area contributed by atoms with Gasteiger partial charge in [0, 0.05) is 57.5 Å². The van der Waals surface area contributed by atoms with Gasteiger partial charge in [-0.25, -0.2) is 18.1 Å². The number of carbonyl (C=O) groups is 1. The van der Waals surface area contributed by atoms with Crippen molar-refractivity contribution in [2.45, 2.75) is 50.5 Å². The Morgan fingerprint density at radius 1 is 1.15 bits per heavy atom. The van der Waals surface area contributed by atoms with Crippen molar-refractivity contribution in [1.29, 1.82) is 0 Å². The lowest BCUT2D eigenvalue weighted by molar-refractivity contribution is -0.132. The number of aromatic nitrogens is 4. The maximum Gasteiger partial charge on any atom is 0.267 e. The molecule has 1 atom stereocenters. The molecule has 0 spiro atoms. The van der Waals surface area contributed by atoms with Gasteiger partial charge in [0.2, 0.25) is 17.7 Å². The highest BCUT2D eigenvalue weighted by molar-refractivity contribution is 7.92. The molecular weight excluding hydrogens is 520 g/mol. The van der Waals surface area contributed by atoms with Crippen LogP contribution in [0.5, 0.6) is 5.88 Å². The van der Waals surface area contributed by atoms with Gasteiger partial charge >= 0.3 is 0 Å². The molecule has 39 heavy (non-hydrogen) atoms. The number of hydrogen-bond donors (Lipinski definition) is 1. The van der Waals surface area contributed by atoms with E-state index in [1.807, 2.05) is 36.9 Å². The molecule has 2 aliphatic rings. The van der Waals surface area contributed by atoms with E-state index < -0.39 is 10.0 Å². The molecule has 1 aromatic carbocycles. The van der Waals surface area contributed by atoms with E-state index >= 15 is 0 Å². The van der Waals surface area contributed by atoms with E-state index in [-0.39, 0.29) is 28.7 Å². The summed E-state index contributed by atoms with van der Waals surface area (Å²) >= 11 is 0. The number of rotatable bonds is 8. The second-order valence-corrected chi connectivity index (χ2v) is 11.9. The molecule has 2 saturated heterocycles. The zero-order valence-corrected chi connectivity index (χ0v) is 23.3. The summed E-state index contributed by atoms with van der Waals surface area (Å²) in [6.07, 6.45) is 5.43. The fourth-order valence-electron chi connectivity index (χ4n) is 5.14. The molecule has 2 aromatic heterocycles. The third-order valence-electron chi connectivity index (χ3n) is 7.25. The number of aryl methyl sites for hydroxylation is 3. The molecule has 2 fully saturated rings. The van der Waals surface area contributed by atoms with E-state index in [4.69, 9.17) is 9.47 Å². The second-order valence-electron chi connectivity index (χ2n) is 10.3. The molecular formula is C27H34N6O5S. The number of nitrogens with zero attached hydrogens (tertiary/aromatic N) is 5. The highest BCUT2D eigenvalue weighted by Crippen LogP contribution is 2.30. The van der Waals surface area contributed by atoms with Gasteiger partial charge in [0.25, 0.3) is 10.0 Å². The Balaban J connectivity index is 1.37. The number of likely N-dealkylation sites (tertiary alicyclic amines) is 1. The SMILES string of the molecule is Cc1cccc(C)c1-c1cc(OC2CCN(C(=O)CC3CCOCC3)C2)nc(NS(=O)(=O)c2cnn(C)c2)n1. The molecule has 0 radical (unpaired) electrons. The lowest BCUT2D eigenvalue weighted by Gasteiger charge is -2.24. The zero-order valence-electron chi connectivity index (χ0n) is 22.5. The summed E-state index contributed by atoms with van der Waals surface area (Å²) in [5, 5.41) is 3.95. The Kier molecular flexibility index (Phi) is 7.85. The third kappa shape index (κ3) is 6.39. The van der Waals surface area contributed by atoms with Crippen molar-refractivity contribution < 1.29 is 22.7 Å². The van der Waals surface area contributed by atoms with Gasteiger partial charge < -0.3 is 14.4 Å². The van der Waals surface area contributed by atoms with Crippen LogP contribution in [0.25, 0.3) is 11.3 Å². The molecule has 0 saturated carbocycles. The highest BCUT2D eigenvalue weighted by Gasteiger charge is 2.30. The van der Waals surface area contributed by atoms with Crippen LogP contribution in [0.4, 0.5) is 5.95 Å². The standard InChI is InChI=1S/C27H34N6O5S/c1-18-5-4-6-19(2)26(18)23-14-24(30-27(29-23)31-39(35,36)22-15-28-32(3)17-22)38-21-7-10-33(16-21)25(34)13-20-8-11-37-12-9-20/h4-6,14-15,17,20-21H,7-13,16H2,1-3H3,(H,29,30,31). The fraction of sp³-hybridized carbons (Fsp3) is 0.481. The quantitative estimate of drug-likeness (QED) is 0.450. The lowest BCUT2D eigenvalue weighted by Crippen LogP contribution is -2.33. The van der Waals surface area contributed by atoms with E-state index in [0.717, 1.165) is 29.5 Å². The number of ether oxygens (including phenoxy) is 2. The molecule has 5 rings (SSSR count). The third-order valence-corrected chi connectivity index (χ3v) is 8.53. The number of nitrogens with one attached hydrogen (secondary N) is 1. The minimum absolute atomic E-state index is 0.00280. The first-order chi connectivity index (χ1) is 18.7. The summed E-state index contributed by atoms with van der Waals surface area (Å²) in [4.78, 5) is 23.7. The van der Waals surface area contributed by atoms with Crippen molar-refractivity contribution in [3.63, 3.8) is 0 Å². The Morgan fingerprint density at radius 2 is 1.90 bits per heavy atom. The van der Waals surface area contributed by atoms with Gasteiger partial charge in [-0.2, -0.15) is 10.1 Å². The summed E-state index contributed by atoms with van der Waals surface area (Å²) in [5.41, 5.74) is 3.41. The van der Waals surface area contributed by atoms with Gasteiger partial charge in [-0.05, 0) is 43.7 Å². The first-order valence-electron chi connectivity index (χ1n) is 13.2. The van der Waals surface area contributed by atoms with Crippen LogP contribution in [-0.2, 0) is 26.6 Å². The van der Waals surface area contributed by atoms with E-state index in [1.54, 1.807) is 13.1 Å². The van der Waals surface area contributed by atoms with Gasteiger partial charge in [0.15, 0.2) is 0 Å². The van der Waals surface area contributed by atoms with Gasteiger partial charge in [0.1, 0.15) is 11.0 Å². The van der Waals surface area contributed by atoms with Crippen LogP contribution in [0, 0.1) is 19.8 Å². The largest absolute Gasteiger partial charge is 0.472 e. The average Bonchev–Trinajstić information content (AvgIpc) is 3.54. The monoisotopic (exact) mass is 554 g/mol. The van der Waals surface area contributed by atoms with Gasteiger partial charge in [-0.15, -0.1) is 0 Å². The van der Waals surface area contributed by atoms with Crippen molar-refractivity contribution in [2.24, 2.45) is 13.0 Å². The normalized spacial score (nSPS) is 18.3. The number of carbonyl (C=O) groups excluding carboxylic acids is 1. The van der Waals surface area contributed by atoms with Crippen molar-refractivity contribution in [2.75, 3.05) is 31.0 Å². The first kappa shape index (κ1) is 27.1. The number of anilines is 1. The van der Waals surface area contributed by atoms with Crippen LogP contribution in [0.15, 0.2) is 41.6 Å². The van der Waals surface area contributed by atoms with Crippen molar-refractivity contribution in [3.8, 4) is 17.1 Å². The number of hydrogen-bond acceptors (Lipinski definition) is 8. The minimum atomic E-state index is -3.97. The molecule has 3 aromatic rings. The maximum atomic E-state index is 13.0. The zero-order chi connectivity index (χ0) is 27.6. The smallest absolute Gasteiger partial charge is 0.267 e. The lowest BCUT2D eigenvalue weighted by atomic mass is 9.96. The molecule has 4 heterocycles.